The monoisotopic (exact) mass is 254 g/mol. The van der Waals surface area contributed by atoms with Gasteiger partial charge in [-0.05, 0) is 40.9 Å². The largest absolute Gasteiger partial charge is 0.383 e. The molecule has 90 valence electrons. The molecule has 2 aromatic heterocycles. The van der Waals surface area contributed by atoms with Gasteiger partial charge in [-0.1, -0.05) is 18.2 Å². The van der Waals surface area contributed by atoms with Crippen molar-refractivity contribution in [1.82, 2.24) is 4.98 Å². The summed E-state index contributed by atoms with van der Waals surface area (Å²) in [4.78, 5) is 4.18. The minimum Gasteiger partial charge on any atom is -0.383 e. The van der Waals surface area contributed by atoms with E-state index in [1.807, 2.05) is 6.07 Å². The van der Waals surface area contributed by atoms with Crippen molar-refractivity contribution in [3.05, 3.63) is 58.6 Å². The van der Waals surface area contributed by atoms with Crippen LogP contribution in [-0.4, -0.2) is 4.98 Å². The molecule has 0 spiro atoms. The van der Waals surface area contributed by atoms with Gasteiger partial charge in [-0.25, -0.2) is 4.98 Å². The van der Waals surface area contributed by atoms with Gasteiger partial charge in [0.05, 0.1) is 0 Å². The number of aryl methyl sites for hydroxylation is 1. The van der Waals surface area contributed by atoms with Crippen LogP contribution in [0.25, 0.3) is 10.1 Å². The number of nitrogen functional groups attached to an aromatic ring is 1. The number of nitrogens with two attached hydrogens (primary N) is 1. The molecule has 0 saturated heterocycles. The Morgan fingerprint density at radius 3 is 2.89 bits per heavy atom. The third kappa shape index (κ3) is 1.87. The van der Waals surface area contributed by atoms with E-state index >= 15 is 0 Å². The van der Waals surface area contributed by atoms with Crippen molar-refractivity contribution in [1.29, 1.82) is 0 Å². The summed E-state index contributed by atoms with van der Waals surface area (Å²) < 4.78 is 1.33. The second-order valence-electron chi connectivity index (χ2n) is 4.43. The summed E-state index contributed by atoms with van der Waals surface area (Å²) >= 11 is 1.78. The maximum atomic E-state index is 5.97. The van der Waals surface area contributed by atoms with Crippen LogP contribution in [0.1, 0.15) is 16.7 Å². The van der Waals surface area contributed by atoms with Gasteiger partial charge in [-0.15, -0.1) is 11.3 Å². The Hall–Kier alpha value is -1.87. The Morgan fingerprint density at radius 1 is 1.22 bits per heavy atom. The first kappa shape index (κ1) is 11.2. The van der Waals surface area contributed by atoms with Gasteiger partial charge in [0.15, 0.2) is 0 Å². The van der Waals surface area contributed by atoms with Gasteiger partial charge < -0.3 is 5.73 Å². The van der Waals surface area contributed by atoms with E-state index in [4.69, 9.17) is 5.73 Å². The Labute approximate surface area is 110 Å². The van der Waals surface area contributed by atoms with E-state index in [0.29, 0.717) is 5.82 Å². The summed E-state index contributed by atoms with van der Waals surface area (Å²) in [5.74, 6) is 0.644. The van der Waals surface area contributed by atoms with E-state index < -0.39 is 0 Å². The Kier molecular flexibility index (Phi) is 2.76. The molecule has 0 unspecified atom stereocenters. The molecule has 0 aliphatic heterocycles. The fourth-order valence-corrected chi connectivity index (χ4v) is 3.16. The first-order valence-corrected chi connectivity index (χ1v) is 6.79. The molecule has 0 aliphatic rings. The highest BCUT2D eigenvalue weighted by atomic mass is 32.1. The molecule has 18 heavy (non-hydrogen) atoms. The fourth-order valence-electron chi connectivity index (χ4n) is 2.20. The highest BCUT2D eigenvalue weighted by Gasteiger charge is 2.09. The molecule has 0 atom stereocenters. The first-order chi connectivity index (χ1) is 8.75. The van der Waals surface area contributed by atoms with Gasteiger partial charge in [0, 0.05) is 22.9 Å². The second-order valence-corrected chi connectivity index (χ2v) is 5.34. The molecule has 0 fully saturated rings. The average Bonchev–Trinajstić information content (AvgIpc) is 2.77. The molecule has 3 aromatic rings. The van der Waals surface area contributed by atoms with Crippen LogP contribution in [0.5, 0.6) is 0 Å². The number of nitrogens with zero attached hydrogens (tertiary/aromatic N) is 1. The molecule has 0 amide bonds. The molecule has 2 heterocycles. The summed E-state index contributed by atoms with van der Waals surface area (Å²) in [6.07, 6.45) is 2.62. The third-order valence-electron chi connectivity index (χ3n) is 3.25. The number of benzene rings is 1. The summed E-state index contributed by atoms with van der Waals surface area (Å²) in [5.41, 5.74) is 9.65. The molecule has 0 bridgehead atoms. The van der Waals surface area contributed by atoms with E-state index in [0.717, 1.165) is 12.0 Å². The van der Waals surface area contributed by atoms with Gasteiger partial charge in [0.1, 0.15) is 5.82 Å². The SMILES string of the molecule is Cc1ccnc(N)c1Cc1csc2ccccc12. The number of aromatic nitrogens is 1. The predicted molar refractivity (Wildman–Crippen MR) is 78.0 cm³/mol. The summed E-state index contributed by atoms with van der Waals surface area (Å²) in [5, 5.41) is 3.54. The van der Waals surface area contributed by atoms with Crippen LogP contribution in [-0.2, 0) is 6.42 Å². The van der Waals surface area contributed by atoms with Crippen molar-refractivity contribution < 1.29 is 0 Å². The van der Waals surface area contributed by atoms with Crippen LogP contribution in [0.15, 0.2) is 41.9 Å². The average molecular weight is 254 g/mol. The standard InChI is InChI=1S/C15H14N2S/c1-10-6-7-17-15(16)13(10)8-11-9-18-14-5-3-2-4-12(11)14/h2-7,9H,8H2,1H3,(H2,16,17). The number of hydrogen-bond acceptors (Lipinski definition) is 3. The zero-order chi connectivity index (χ0) is 12.5. The van der Waals surface area contributed by atoms with Crippen LogP contribution in [0.2, 0.25) is 0 Å². The smallest absolute Gasteiger partial charge is 0.127 e. The molecule has 0 radical (unpaired) electrons. The molecule has 0 aliphatic carbocycles. The lowest BCUT2D eigenvalue weighted by molar-refractivity contribution is 1.14. The van der Waals surface area contributed by atoms with Crippen LogP contribution < -0.4 is 5.73 Å². The lowest BCUT2D eigenvalue weighted by atomic mass is 10.0. The third-order valence-corrected chi connectivity index (χ3v) is 4.26. The molecule has 0 saturated carbocycles. The van der Waals surface area contributed by atoms with Crippen molar-refractivity contribution in [3.63, 3.8) is 0 Å². The van der Waals surface area contributed by atoms with Crippen molar-refractivity contribution in [2.75, 3.05) is 5.73 Å². The van der Waals surface area contributed by atoms with Crippen molar-refractivity contribution in [3.8, 4) is 0 Å². The number of hydrogen-bond donors (Lipinski definition) is 1. The van der Waals surface area contributed by atoms with Crippen LogP contribution in [0, 0.1) is 6.92 Å². The zero-order valence-electron chi connectivity index (χ0n) is 10.2. The summed E-state index contributed by atoms with van der Waals surface area (Å²) in [6, 6.07) is 10.5. The molecular formula is C15H14N2S. The minimum absolute atomic E-state index is 0.644. The van der Waals surface area contributed by atoms with E-state index in [2.05, 4.69) is 41.6 Å². The van der Waals surface area contributed by atoms with Crippen LogP contribution in [0.4, 0.5) is 5.82 Å². The summed E-state index contributed by atoms with van der Waals surface area (Å²) in [7, 11) is 0. The quantitative estimate of drug-likeness (QED) is 0.756. The molecule has 2 nitrogen and oxygen atoms in total. The fraction of sp³-hybridized carbons (Fsp3) is 0.133. The maximum absolute atomic E-state index is 5.97. The van der Waals surface area contributed by atoms with E-state index in [1.54, 1.807) is 17.5 Å². The van der Waals surface area contributed by atoms with E-state index in [-0.39, 0.29) is 0 Å². The number of pyridine rings is 1. The predicted octanol–water partition coefficient (Wildman–Crippen LogP) is 3.78. The van der Waals surface area contributed by atoms with Crippen molar-refractivity contribution >= 4 is 27.2 Å². The summed E-state index contributed by atoms with van der Waals surface area (Å²) in [6.45, 7) is 2.09. The normalized spacial score (nSPS) is 10.9. The molecule has 3 rings (SSSR count). The molecule has 2 N–H and O–H groups in total. The molecular weight excluding hydrogens is 240 g/mol. The Balaban J connectivity index is 2.07. The number of rotatable bonds is 2. The van der Waals surface area contributed by atoms with Gasteiger partial charge >= 0.3 is 0 Å². The van der Waals surface area contributed by atoms with Gasteiger partial charge in [0.2, 0.25) is 0 Å². The Morgan fingerprint density at radius 2 is 2.06 bits per heavy atom. The zero-order valence-corrected chi connectivity index (χ0v) is 11.0. The van der Waals surface area contributed by atoms with E-state index in [1.165, 1.54) is 21.2 Å². The first-order valence-electron chi connectivity index (χ1n) is 5.91. The van der Waals surface area contributed by atoms with Gasteiger partial charge in [-0.3, -0.25) is 0 Å². The highest BCUT2D eigenvalue weighted by molar-refractivity contribution is 7.17. The van der Waals surface area contributed by atoms with Gasteiger partial charge in [0.25, 0.3) is 0 Å². The lowest BCUT2D eigenvalue weighted by Crippen LogP contribution is -2.00. The number of thiophene rings is 1. The molecule has 1 aromatic carbocycles. The van der Waals surface area contributed by atoms with Crippen LogP contribution >= 0.6 is 11.3 Å². The van der Waals surface area contributed by atoms with Crippen molar-refractivity contribution in [2.24, 2.45) is 0 Å². The lowest BCUT2D eigenvalue weighted by Gasteiger charge is -2.07. The Bertz CT molecular complexity index is 680. The topological polar surface area (TPSA) is 38.9 Å². The minimum atomic E-state index is 0.644. The van der Waals surface area contributed by atoms with E-state index in [9.17, 15) is 0 Å². The number of fused-ring (bicyclic) bond motifs is 1. The maximum Gasteiger partial charge on any atom is 0.127 e. The number of anilines is 1. The van der Waals surface area contributed by atoms with Crippen LogP contribution in [0.3, 0.4) is 0 Å². The molecule has 3 heteroatoms. The second kappa shape index (κ2) is 4.42. The van der Waals surface area contributed by atoms with Crippen molar-refractivity contribution in [2.45, 2.75) is 13.3 Å². The van der Waals surface area contributed by atoms with Gasteiger partial charge in [-0.2, -0.15) is 0 Å². The highest BCUT2D eigenvalue weighted by Crippen LogP contribution is 2.29.